The second-order valence-corrected chi connectivity index (χ2v) is 4.97. The number of ether oxygens (including phenoxy) is 1. The molecule has 0 heterocycles. The van der Waals surface area contributed by atoms with Crippen LogP contribution in [0.1, 0.15) is 34.1 Å². The quantitative estimate of drug-likeness (QED) is 0.164. The van der Waals surface area contributed by atoms with Crippen molar-refractivity contribution in [2.75, 3.05) is 6.61 Å². The lowest BCUT2D eigenvalue weighted by molar-refractivity contribution is 0.258. The lowest BCUT2D eigenvalue weighted by atomic mass is 10.2. The summed E-state index contributed by atoms with van der Waals surface area (Å²) in [6.07, 6.45) is 16.5. The summed E-state index contributed by atoms with van der Waals surface area (Å²) in [7, 11) is 0. The van der Waals surface area contributed by atoms with Crippen molar-refractivity contribution in [2.24, 2.45) is 4.99 Å². The summed E-state index contributed by atoms with van der Waals surface area (Å²) in [5.74, 6) is 0.843. The summed E-state index contributed by atoms with van der Waals surface area (Å²) in [4.78, 5) is 4.47. The van der Waals surface area contributed by atoms with Crippen LogP contribution in [0.25, 0.3) is 0 Å². The van der Waals surface area contributed by atoms with Crippen molar-refractivity contribution in [1.82, 2.24) is 0 Å². The van der Waals surface area contributed by atoms with Crippen LogP contribution in [0.5, 0.6) is 0 Å². The largest absolute Gasteiger partial charge is 0.489 e. The molecule has 24 heavy (non-hydrogen) atoms. The van der Waals surface area contributed by atoms with Crippen molar-refractivity contribution < 1.29 is 4.74 Å². The van der Waals surface area contributed by atoms with Crippen LogP contribution in [-0.2, 0) is 4.74 Å². The Morgan fingerprint density at radius 3 is 2.29 bits per heavy atom. The zero-order valence-electron chi connectivity index (χ0n) is 15.1. The highest BCUT2D eigenvalue weighted by atomic mass is 79.9. The van der Waals surface area contributed by atoms with E-state index in [0.717, 1.165) is 27.9 Å². The molecule has 0 aliphatic carbocycles. The summed E-state index contributed by atoms with van der Waals surface area (Å²) in [5.41, 5.74) is 1.88. The summed E-state index contributed by atoms with van der Waals surface area (Å²) in [6.45, 7) is 12.2. The van der Waals surface area contributed by atoms with E-state index in [9.17, 15) is 0 Å². The van der Waals surface area contributed by atoms with E-state index in [2.05, 4.69) is 47.3 Å². The van der Waals surface area contributed by atoms with Gasteiger partial charge in [0.2, 0.25) is 0 Å². The van der Waals surface area contributed by atoms with Crippen molar-refractivity contribution in [3.8, 4) is 12.8 Å². The number of hydrogen-bond donors (Lipinski definition) is 0. The fourth-order valence-corrected chi connectivity index (χ4v) is 1.81. The van der Waals surface area contributed by atoms with Gasteiger partial charge >= 0.3 is 0 Å². The van der Waals surface area contributed by atoms with E-state index >= 15 is 0 Å². The Morgan fingerprint density at radius 2 is 1.83 bits per heavy atom. The van der Waals surface area contributed by atoms with Crippen LogP contribution < -0.4 is 0 Å². The Labute approximate surface area is 156 Å². The minimum absolute atomic E-state index is 0.495. The van der Waals surface area contributed by atoms with Gasteiger partial charge in [0.25, 0.3) is 0 Å². The number of nitrogens with zero attached hydrogens (tertiary/aromatic N) is 1. The Morgan fingerprint density at radius 1 is 1.25 bits per heavy atom. The average molecular weight is 390 g/mol. The number of terminal acetylenes is 1. The first-order valence-electron chi connectivity index (χ1n) is 7.94. The van der Waals surface area contributed by atoms with Gasteiger partial charge in [-0.2, -0.15) is 0 Å². The molecule has 0 unspecified atom stereocenters. The van der Waals surface area contributed by atoms with E-state index in [1.807, 2.05) is 63.4 Å². The topological polar surface area (TPSA) is 21.6 Å². The standard InChI is InChI=1S/C17H20BrNO.C2H6.C2H2/c1-4-7-17(20-12-5-2)14(6-3)13-19-16-10-8-15(18)9-11-16;2*1-2/h5-11,13H,2,4,12H2,1,3H3;1-2H3;1-2H/b14-6-,17-7+,19-13?;;. The maximum atomic E-state index is 5.67. The predicted octanol–water partition coefficient (Wildman–Crippen LogP) is 6.87. The van der Waals surface area contributed by atoms with Gasteiger partial charge in [-0.15, -0.1) is 12.8 Å². The molecule has 0 aliphatic rings. The number of allylic oxidation sites excluding steroid dienone is 3. The Kier molecular flexibility index (Phi) is 17.5. The zero-order chi connectivity index (χ0) is 18.8. The third kappa shape index (κ3) is 10.6. The van der Waals surface area contributed by atoms with Gasteiger partial charge in [0.05, 0.1) is 5.69 Å². The summed E-state index contributed by atoms with van der Waals surface area (Å²) in [5, 5.41) is 0. The highest BCUT2D eigenvalue weighted by Gasteiger charge is 2.02. The molecule has 0 amide bonds. The van der Waals surface area contributed by atoms with Crippen LogP contribution >= 0.6 is 15.9 Å². The smallest absolute Gasteiger partial charge is 0.124 e. The maximum Gasteiger partial charge on any atom is 0.124 e. The monoisotopic (exact) mass is 389 g/mol. The molecule has 0 aromatic heterocycles. The molecule has 0 N–H and O–H groups in total. The molecule has 0 atom stereocenters. The zero-order valence-corrected chi connectivity index (χ0v) is 16.7. The maximum absolute atomic E-state index is 5.67. The van der Waals surface area contributed by atoms with Crippen molar-refractivity contribution in [2.45, 2.75) is 34.1 Å². The molecule has 2 nitrogen and oxygen atoms in total. The molecule has 1 rings (SSSR count). The van der Waals surface area contributed by atoms with Gasteiger partial charge in [0.15, 0.2) is 0 Å². The van der Waals surface area contributed by atoms with E-state index in [-0.39, 0.29) is 0 Å². The molecular formula is C21H28BrNO. The molecular weight excluding hydrogens is 362 g/mol. The van der Waals surface area contributed by atoms with Crippen LogP contribution in [0.15, 0.2) is 69.9 Å². The predicted molar refractivity (Wildman–Crippen MR) is 112 cm³/mol. The normalized spacial score (nSPS) is 11.0. The molecule has 0 fully saturated rings. The number of aliphatic imine (C=N–C) groups is 1. The molecule has 0 saturated carbocycles. The van der Waals surface area contributed by atoms with Crippen molar-refractivity contribution in [3.63, 3.8) is 0 Å². The van der Waals surface area contributed by atoms with Crippen molar-refractivity contribution in [1.29, 1.82) is 0 Å². The molecule has 1 aromatic rings. The van der Waals surface area contributed by atoms with Gasteiger partial charge in [-0.1, -0.05) is 55.4 Å². The molecule has 130 valence electrons. The van der Waals surface area contributed by atoms with E-state index in [1.54, 1.807) is 6.08 Å². The van der Waals surface area contributed by atoms with Crippen LogP contribution in [0.2, 0.25) is 0 Å². The van der Waals surface area contributed by atoms with Gasteiger partial charge in [-0.3, -0.25) is 4.99 Å². The average Bonchev–Trinajstić information content (AvgIpc) is 2.64. The summed E-state index contributed by atoms with van der Waals surface area (Å²) in [6, 6.07) is 7.86. The van der Waals surface area contributed by atoms with Crippen molar-refractivity contribution in [3.05, 3.63) is 64.9 Å². The first-order chi connectivity index (χ1) is 11.7. The minimum atomic E-state index is 0.495. The first-order valence-corrected chi connectivity index (χ1v) is 8.74. The highest BCUT2D eigenvalue weighted by Crippen LogP contribution is 2.18. The van der Waals surface area contributed by atoms with Crippen LogP contribution in [0.4, 0.5) is 5.69 Å². The van der Waals surface area contributed by atoms with Crippen LogP contribution in [0, 0.1) is 12.8 Å². The SMILES string of the molecule is C#C.C=CCOC(=C/CC)/C(C=Nc1ccc(Br)cc1)=C\C.CC. The fourth-order valence-electron chi connectivity index (χ4n) is 1.55. The minimum Gasteiger partial charge on any atom is -0.489 e. The van der Waals surface area contributed by atoms with E-state index < -0.39 is 0 Å². The lowest BCUT2D eigenvalue weighted by Crippen LogP contribution is -1.98. The number of halogens is 1. The van der Waals surface area contributed by atoms with Gasteiger partial charge in [0, 0.05) is 16.3 Å². The molecule has 0 radical (unpaired) electrons. The number of rotatable bonds is 7. The lowest BCUT2D eigenvalue weighted by Gasteiger charge is -2.09. The third-order valence-corrected chi connectivity index (χ3v) is 3.05. The molecule has 0 aliphatic heterocycles. The summed E-state index contributed by atoms with van der Waals surface area (Å²) < 4.78 is 6.71. The van der Waals surface area contributed by atoms with E-state index in [4.69, 9.17) is 4.74 Å². The van der Waals surface area contributed by atoms with Gasteiger partial charge in [0.1, 0.15) is 12.4 Å². The number of hydrogen-bond acceptors (Lipinski definition) is 2. The van der Waals surface area contributed by atoms with E-state index in [1.165, 1.54) is 0 Å². The van der Waals surface area contributed by atoms with Crippen LogP contribution in [0.3, 0.4) is 0 Å². The van der Waals surface area contributed by atoms with Gasteiger partial charge in [-0.25, -0.2) is 0 Å². The van der Waals surface area contributed by atoms with Gasteiger partial charge in [-0.05, 0) is 43.7 Å². The molecule has 3 heteroatoms. The fraction of sp³-hybridized carbons (Fsp3) is 0.286. The van der Waals surface area contributed by atoms with Crippen LogP contribution in [-0.4, -0.2) is 12.8 Å². The first kappa shape index (κ1) is 24.2. The molecule has 0 spiro atoms. The Hall–Kier alpha value is -2.05. The molecule has 0 saturated heterocycles. The second-order valence-electron chi connectivity index (χ2n) is 4.05. The third-order valence-electron chi connectivity index (χ3n) is 2.52. The number of benzene rings is 1. The molecule has 1 aromatic carbocycles. The van der Waals surface area contributed by atoms with Gasteiger partial charge < -0.3 is 4.74 Å². The molecule has 0 bridgehead atoms. The Balaban J connectivity index is 0. The second kappa shape index (κ2) is 17.3. The van der Waals surface area contributed by atoms with E-state index in [0.29, 0.717) is 6.61 Å². The summed E-state index contributed by atoms with van der Waals surface area (Å²) >= 11 is 3.41. The Bertz CT molecular complexity index is 551. The highest BCUT2D eigenvalue weighted by molar-refractivity contribution is 9.10. The van der Waals surface area contributed by atoms with Crippen molar-refractivity contribution >= 4 is 27.8 Å².